The fraction of sp³-hybridized carbons (Fsp3) is 0.885. The van der Waals surface area contributed by atoms with Crippen molar-refractivity contribution in [3.63, 3.8) is 0 Å². The third kappa shape index (κ3) is 50.6. The van der Waals surface area contributed by atoms with Gasteiger partial charge in [-0.1, -0.05) is 119 Å². The molecule has 1 aliphatic heterocycles. The van der Waals surface area contributed by atoms with Crippen molar-refractivity contribution in [1.82, 2.24) is 0 Å². The summed E-state index contributed by atoms with van der Waals surface area (Å²) < 4.78 is 136. The molecule has 0 aromatic rings. The SMILES string of the molecule is CCC(C)(C)C(=O)OC12CC3CC(C1)CC(C(=O)OC(CS(=O)(=O)[O-])C(F)(F)F)(C3)C2.CCC(C)(C)C(=O)OCC1CO1.CCC(C)(C)C(=O)OCCC[Si](C)(C)O[Si](C)(C)CCCOC(=O)C(C)(C)CC.CCC(C)(C)C(=O)OCCOCCOC.CCCCCCCC/C=C/CCCCCCCC(=O)OCCOC(=O)C(C)CC.[K+]. The van der Waals surface area contributed by atoms with E-state index in [1.807, 2.05) is 104 Å². The van der Waals surface area contributed by atoms with Crippen molar-refractivity contribution in [3.8, 4) is 0 Å². The molecule has 4 bridgehead atoms. The van der Waals surface area contributed by atoms with Crippen molar-refractivity contribution < 1.29 is 172 Å². The first-order valence-corrected chi connectivity index (χ1v) is 51.1. The summed E-state index contributed by atoms with van der Waals surface area (Å²) in [7, 11) is -7.29. The van der Waals surface area contributed by atoms with E-state index < -0.39 is 89.4 Å². The Morgan fingerprint density at radius 2 is 0.932 bits per heavy atom. The Hall–Kier alpha value is -2.89. The van der Waals surface area contributed by atoms with Gasteiger partial charge in [0.05, 0.1) is 93.9 Å². The number of carbonyl (C=O) groups is 8. The van der Waals surface area contributed by atoms with Gasteiger partial charge in [0, 0.05) is 20.0 Å². The summed E-state index contributed by atoms with van der Waals surface area (Å²) in [6, 6.07) is 1.95. The monoisotopic (exact) mass is 1760 g/mol. The minimum Gasteiger partial charge on any atom is -0.748 e. The first-order valence-electron chi connectivity index (χ1n) is 43.3. The summed E-state index contributed by atoms with van der Waals surface area (Å²) in [5.74, 6) is -4.47. The molecule has 680 valence electrons. The molecule has 23 nitrogen and oxygen atoms in total. The van der Waals surface area contributed by atoms with Crippen molar-refractivity contribution >= 4 is 74.5 Å². The van der Waals surface area contributed by atoms with Gasteiger partial charge < -0.3 is 60.8 Å². The molecular formula is C87H158F3KO23SSi2. The standard InChI is InChI=1S/C25H46O4.C22H46O5Si2.C20H29F3O7S.C11H22O4.C9H16O3.K/c1-4-6-7-8-9-10-11-12-13-14-15-16-17-18-19-20-24(26)28-21-22-29-25(27)23(3)5-2;1-11-21(3,4)19(23)25-15-13-17-28(7,8)27-29(9,10)18-14-16-26-20(24)22(5,6)12-2;1-4-17(2,3)15(24)30-19-8-12-5-13(9-19)7-18(6-12,11-19)16(25)29-14(20(21,22)23)10-31(26,27)28;1-5-11(2,3)10(12)15-9-8-14-7-6-13-4;1-4-9(2,3)8(10)12-6-7-5-11-7;/h12-13,23H,4-11,14-22H2,1-3H3;11-18H2,1-10H3;12-14H,4-11H2,1-3H3,(H,26,27,28);5-9H2,1-4H3;7H,4-6H2,1-3H3;/q;;;;;+1/p-1/b13-12+;;;;;. The van der Waals surface area contributed by atoms with E-state index in [1.165, 1.54) is 70.6 Å². The fourth-order valence-electron chi connectivity index (χ4n) is 13.0. The molecule has 0 N–H and O–H groups in total. The number of hydrogen-bond acceptors (Lipinski definition) is 23. The number of hydrogen-bond donors (Lipinski definition) is 0. The smallest absolute Gasteiger partial charge is 0.748 e. The van der Waals surface area contributed by atoms with Gasteiger partial charge in [0.2, 0.25) is 6.10 Å². The van der Waals surface area contributed by atoms with Crippen molar-refractivity contribution in [2.75, 3.05) is 78.9 Å². The third-order valence-corrected chi connectivity index (χ3v) is 31.0. The van der Waals surface area contributed by atoms with E-state index in [1.54, 1.807) is 21.0 Å². The first kappa shape index (κ1) is 116. The molecule has 0 amide bonds. The molecule has 4 aliphatic carbocycles. The molecule has 30 heteroatoms. The second-order valence-electron chi connectivity index (χ2n) is 36.6. The Morgan fingerprint density at radius 1 is 0.530 bits per heavy atom. The van der Waals surface area contributed by atoms with E-state index in [2.05, 4.69) is 50.0 Å². The van der Waals surface area contributed by atoms with Crippen molar-refractivity contribution in [3.05, 3.63) is 12.2 Å². The van der Waals surface area contributed by atoms with Gasteiger partial charge in [-0.2, -0.15) is 13.2 Å². The molecule has 117 heavy (non-hydrogen) atoms. The Labute approximate surface area is 748 Å². The van der Waals surface area contributed by atoms with Crippen LogP contribution in [0.15, 0.2) is 12.2 Å². The number of unbranched alkanes of at least 4 members (excludes halogenated alkanes) is 11. The number of esters is 8. The third-order valence-electron chi connectivity index (χ3n) is 22.7. The summed E-state index contributed by atoms with van der Waals surface area (Å²) in [6.45, 7) is 47.8. The summed E-state index contributed by atoms with van der Waals surface area (Å²) >= 11 is 0. The largest absolute Gasteiger partial charge is 1.00 e. The Kier molecular flexibility index (Phi) is 57.2. The number of rotatable bonds is 53. The number of halogens is 3. The van der Waals surface area contributed by atoms with Gasteiger partial charge in [0.25, 0.3) is 0 Å². The van der Waals surface area contributed by atoms with Gasteiger partial charge in [-0.15, -0.1) is 0 Å². The van der Waals surface area contributed by atoms with E-state index in [9.17, 15) is 64.5 Å². The number of allylic oxidation sites excluding steroid dienone is 2. The molecule has 0 spiro atoms. The van der Waals surface area contributed by atoms with Crippen LogP contribution < -0.4 is 51.4 Å². The second-order valence-corrected chi connectivity index (χ2v) is 46.9. The van der Waals surface area contributed by atoms with Crippen molar-refractivity contribution in [2.24, 2.45) is 50.2 Å². The molecule has 1 heterocycles. The van der Waals surface area contributed by atoms with Gasteiger partial charge in [-0.05, 0) is 235 Å². The molecule has 5 aliphatic rings. The molecule has 5 fully saturated rings. The Morgan fingerprint density at radius 3 is 1.35 bits per heavy atom. The van der Waals surface area contributed by atoms with E-state index in [0.29, 0.717) is 84.8 Å². The van der Waals surface area contributed by atoms with Crippen LogP contribution in [0.5, 0.6) is 0 Å². The van der Waals surface area contributed by atoms with E-state index in [0.717, 1.165) is 82.9 Å². The van der Waals surface area contributed by atoms with E-state index in [4.69, 9.17) is 51.5 Å². The predicted molar refractivity (Wildman–Crippen MR) is 449 cm³/mol. The Balaban J connectivity index is 0. The first-order chi connectivity index (χ1) is 53.8. The molecule has 5 atom stereocenters. The summed E-state index contributed by atoms with van der Waals surface area (Å²) in [6.07, 6.45) is 21.9. The maximum Gasteiger partial charge on any atom is 1.00 e. The zero-order valence-electron chi connectivity index (χ0n) is 77.0. The van der Waals surface area contributed by atoms with Gasteiger partial charge in [-0.25, -0.2) is 8.42 Å². The van der Waals surface area contributed by atoms with Crippen LogP contribution in [-0.4, -0.2) is 180 Å². The van der Waals surface area contributed by atoms with Gasteiger partial charge >= 0.3 is 105 Å². The maximum atomic E-state index is 13.3. The minimum atomic E-state index is -5.27. The fourth-order valence-corrected chi connectivity index (χ4v) is 22.4. The molecule has 0 aromatic heterocycles. The zero-order chi connectivity index (χ0) is 88.9. The van der Waals surface area contributed by atoms with Crippen LogP contribution in [0.4, 0.5) is 13.2 Å². The van der Waals surface area contributed by atoms with Gasteiger partial charge in [-0.3, -0.25) is 38.4 Å². The average Bonchev–Trinajstić information content (AvgIpc) is 1.71. The van der Waals surface area contributed by atoms with Crippen LogP contribution in [0.3, 0.4) is 0 Å². The number of ether oxygens (including phenoxy) is 11. The van der Waals surface area contributed by atoms with Gasteiger partial charge in [0.15, 0.2) is 16.6 Å². The number of carbonyl (C=O) groups excluding carboxylic acids is 8. The maximum absolute atomic E-state index is 13.3. The minimum absolute atomic E-state index is 0. The van der Waals surface area contributed by atoms with Crippen LogP contribution >= 0.6 is 0 Å². The van der Waals surface area contributed by atoms with Crippen LogP contribution in [0, 0.1) is 50.2 Å². The van der Waals surface area contributed by atoms with Crippen LogP contribution in [0.1, 0.15) is 304 Å². The van der Waals surface area contributed by atoms with Crippen LogP contribution in [0.25, 0.3) is 0 Å². The summed E-state index contributed by atoms with van der Waals surface area (Å²) in [5.41, 5.74) is -4.52. The number of alkyl halides is 3. The molecule has 4 saturated carbocycles. The molecule has 5 unspecified atom stereocenters. The van der Waals surface area contributed by atoms with Crippen LogP contribution in [0.2, 0.25) is 38.3 Å². The van der Waals surface area contributed by atoms with Crippen molar-refractivity contribution in [2.45, 2.75) is 367 Å². The van der Waals surface area contributed by atoms with Crippen LogP contribution in [-0.2, 0) is 105 Å². The zero-order valence-corrected chi connectivity index (χ0v) is 82.9. The topological polar surface area (TPSA) is 308 Å². The molecular weight excluding hydrogens is 1600 g/mol. The number of epoxide rings is 1. The molecule has 0 radical (unpaired) electrons. The Bertz CT molecular complexity index is 2950. The molecule has 5 rings (SSSR count). The summed E-state index contributed by atoms with van der Waals surface area (Å²) in [5, 5.41) is 0. The van der Waals surface area contributed by atoms with E-state index >= 15 is 0 Å². The van der Waals surface area contributed by atoms with Gasteiger partial charge in [0.1, 0.15) is 38.1 Å². The second kappa shape index (κ2) is 57.6. The number of methoxy groups -OCH3 is 1. The summed E-state index contributed by atoms with van der Waals surface area (Å²) in [4.78, 5) is 95.8. The molecule has 0 aromatic carbocycles. The average molecular weight is 1760 g/mol. The van der Waals surface area contributed by atoms with Crippen molar-refractivity contribution in [1.29, 1.82) is 0 Å². The normalized spacial score (nSPS) is 19.0. The molecule has 1 saturated heterocycles. The quantitative estimate of drug-likeness (QED) is 0.0104. The van der Waals surface area contributed by atoms with E-state index in [-0.39, 0.29) is 136 Å². The predicted octanol–water partition coefficient (Wildman–Crippen LogP) is 16.6.